The molecule has 3 nitrogen and oxygen atoms in total. The van der Waals surface area contributed by atoms with Crippen LogP contribution in [0.15, 0.2) is 30.3 Å². The first-order valence-corrected chi connectivity index (χ1v) is 6.48. The van der Waals surface area contributed by atoms with Crippen molar-refractivity contribution >= 4 is 11.8 Å². The van der Waals surface area contributed by atoms with Crippen LogP contribution in [-0.4, -0.2) is 18.4 Å². The van der Waals surface area contributed by atoms with Gasteiger partial charge in [-0.25, -0.2) is 4.79 Å². The van der Waals surface area contributed by atoms with Crippen molar-refractivity contribution in [2.45, 2.75) is 39.0 Å². The third kappa shape index (κ3) is 5.62. The molecule has 0 radical (unpaired) electrons. The summed E-state index contributed by atoms with van der Waals surface area (Å²) in [5.41, 5.74) is 0.838. The highest BCUT2D eigenvalue weighted by Crippen LogP contribution is 2.02. The Hall–Kier alpha value is -1.64. The van der Waals surface area contributed by atoms with E-state index in [0.29, 0.717) is 6.61 Å². The van der Waals surface area contributed by atoms with Gasteiger partial charge in [0.15, 0.2) is 0 Å². The molecule has 1 rings (SSSR count). The molecule has 0 amide bonds. The lowest BCUT2D eigenvalue weighted by Crippen LogP contribution is -2.20. The van der Waals surface area contributed by atoms with Crippen LogP contribution >= 0.6 is 0 Å². The van der Waals surface area contributed by atoms with Gasteiger partial charge in [-0.1, -0.05) is 56.5 Å². The minimum absolute atomic E-state index is 0.120. The van der Waals surface area contributed by atoms with Crippen molar-refractivity contribution < 1.29 is 14.3 Å². The van der Waals surface area contributed by atoms with Gasteiger partial charge in [-0.3, -0.25) is 4.79 Å². The Balaban J connectivity index is 2.23. The minimum atomic E-state index is -0.713. The van der Waals surface area contributed by atoms with Gasteiger partial charge in [0.25, 0.3) is 0 Å². The molecule has 0 atom stereocenters. The SMILES string of the molecule is CCCCCCOC(=O)C(=O)Cc1ccccc1. The zero-order valence-electron chi connectivity index (χ0n) is 10.9. The molecule has 0 heterocycles. The van der Waals surface area contributed by atoms with Crippen molar-refractivity contribution in [1.29, 1.82) is 0 Å². The molecular weight excluding hydrogens is 228 g/mol. The normalized spacial score (nSPS) is 10.1. The lowest BCUT2D eigenvalue weighted by atomic mass is 10.1. The quantitative estimate of drug-likeness (QED) is 0.403. The highest BCUT2D eigenvalue weighted by Gasteiger charge is 2.15. The first-order chi connectivity index (χ1) is 8.74. The van der Waals surface area contributed by atoms with Gasteiger partial charge in [-0.2, -0.15) is 0 Å². The summed E-state index contributed by atoms with van der Waals surface area (Å²) in [6, 6.07) is 9.22. The van der Waals surface area contributed by atoms with Crippen molar-refractivity contribution in [3.05, 3.63) is 35.9 Å². The summed E-state index contributed by atoms with van der Waals surface area (Å²) < 4.78 is 4.93. The molecule has 0 unspecified atom stereocenters. The Morgan fingerprint density at radius 1 is 1.06 bits per heavy atom. The van der Waals surface area contributed by atoms with Crippen LogP contribution in [-0.2, 0) is 20.7 Å². The second-order valence-corrected chi connectivity index (χ2v) is 4.28. The summed E-state index contributed by atoms with van der Waals surface area (Å²) in [7, 11) is 0. The zero-order valence-corrected chi connectivity index (χ0v) is 10.9. The van der Waals surface area contributed by atoms with Crippen LogP contribution in [0.5, 0.6) is 0 Å². The van der Waals surface area contributed by atoms with Gasteiger partial charge in [0.2, 0.25) is 5.78 Å². The number of esters is 1. The van der Waals surface area contributed by atoms with E-state index in [1.807, 2.05) is 30.3 Å². The summed E-state index contributed by atoms with van der Waals surface area (Å²) in [5, 5.41) is 0. The standard InChI is InChI=1S/C15H20O3/c1-2-3-4-8-11-18-15(17)14(16)12-13-9-6-5-7-10-13/h5-7,9-10H,2-4,8,11-12H2,1H3. The van der Waals surface area contributed by atoms with Crippen molar-refractivity contribution in [3.8, 4) is 0 Å². The van der Waals surface area contributed by atoms with Gasteiger partial charge in [0.05, 0.1) is 6.61 Å². The van der Waals surface area contributed by atoms with Crippen LogP contribution in [0.25, 0.3) is 0 Å². The maximum atomic E-state index is 11.6. The maximum Gasteiger partial charge on any atom is 0.374 e. The number of Topliss-reactive ketones (excluding diaryl/α,β-unsaturated/α-hetero) is 1. The Morgan fingerprint density at radius 3 is 2.44 bits per heavy atom. The van der Waals surface area contributed by atoms with E-state index in [0.717, 1.165) is 31.2 Å². The Labute approximate surface area is 108 Å². The first-order valence-electron chi connectivity index (χ1n) is 6.48. The van der Waals surface area contributed by atoms with Crippen LogP contribution in [0.3, 0.4) is 0 Å². The topological polar surface area (TPSA) is 43.4 Å². The van der Waals surface area contributed by atoms with Gasteiger partial charge >= 0.3 is 5.97 Å². The minimum Gasteiger partial charge on any atom is -0.460 e. The molecule has 0 saturated heterocycles. The van der Waals surface area contributed by atoms with Gasteiger partial charge in [-0.05, 0) is 12.0 Å². The van der Waals surface area contributed by atoms with E-state index in [1.54, 1.807) is 0 Å². The van der Waals surface area contributed by atoms with Gasteiger partial charge in [0.1, 0.15) is 0 Å². The highest BCUT2D eigenvalue weighted by atomic mass is 16.5. The second-order valence-electron chi connectivity index (χ2n) is 4.28. The van der Waals surface area contributed by atoms with E-state index in [1.165, 1.54) is 0 Å². The van der Waals surface area contributed by atoms with E-state index >= 15 is 0 Å². The first kappa shape index (κ1) is 14.4. The molecule has 1 aromatic rings. The Kier molecular flexibility index (Phi) is 6.77. The van der Waals surface area contributed by atoms with Crippen molar-refractivity contribution in [3.63, 3.8) is 0 Å². The fraction of sp³-hybridized carbons (Fsp3) is 0.467. The average Bonchev–Trinajstić information content (AvgIpc) is 2.39. The fourth-order valence-electron chi connectivity index (χ4n) is 1.63. The van der Waals surface area contributed by atoms with E-state index in [4.69, 9.17) is 4.74 Å². The summed E-state index contributed by atoms with van der Waals surface area (Å²) >= 11 is 0. The van der Waals surface area contributed by atoms with Crippen LogP contribution < -0.4 is 0 Å². The fourth-order valence-corrected chi connectivity index (χ4v) is 1.63. The van der Waals surface area contributed by atoms with Gasteiger partial charge in [-0.15, -0.1) is 0 Å². The highest BCUT2D eigenvalue weighted by molar-refractivity contribution is 6.34. The number of ketones is 1. The molecule has 98 valence electrons. The molecule has 0 fully saturated rings. The number of hydrogen-bond donors (Lipinski definition) is 0. The zero-order chi connectivity index (χ0) is 13.2. The molecule has 0 aliphatic rings. The molecule has 3 heteroatoms. The lowest BCUT2D eigenvalue weighted by molar-refractivity contribution is -0.153. The molecule has 0 aromatic heterocycles. The summed E-state index contributed by atoms with van der Waals surface area (Å²) in [5.74, 6) is -1.19. The van der Waals surface area contributed by atoms with Crippen LogP contribution in [0.1, 0.15) is 38.2 Å². The number of rotatable bonds is 8. The van der Waals surface area contributed by atoms with Crippen LogP contribution in [0.2, 0.25) is 0 Å². The molecular formula is C15H20O3. The maximum absolute atomic E-state index is 11.6. The van der Waals surface area contributed by atoms with E-state index in [-0.39, 0.29) is 6.42 Å². The summed E-state index contributed by atoms with van der Waals surface area (Å²) in [6.45, 7) is 2.47. The number of benzene rings is 1. The monoisotopic (exact) mass is 248 g/mol. The Morgan fingerprint density at radius 2 is 1.78 bits per heavy atom. The summed E-state index contributed by atoms with van der Waals surface area (Å²) in [4.78, 5) is 23.0. The van der Waals surface area contributed by atoms with Gasteiger partial charge < -0.3 is 4.74 Å². The molecule has 0 aliphatic heterocycles. The third-order valence-electron chi connectivity index (χ3n) is 2.67. The number of carbonyl (C=O) groups excluding carboxylic acids is 2. The molecule has 0 aliphatic carbocycles. The molecule has 1 aromatic carbocycles. The van der Waals surface area contributed by atoms with E-state index < -0.39 is 11.8 Å². The van der Waals surface area contributed by atoms with Crippen LogP contribution in [0, 0.1) is 0 Å². The smallest absolute Gasteiger partial charge is 0.374 e. The van der Waals surface area contributed by atoms with Crippen molar-refractivity contribution in [2.24, 2.45) is 0 Å². The predicted octanol–water partition coefficient (Wildman–Crippen LogP) is 2.92. The second kappa shape index (κ2) is 8.45. The molecule has 0 bridgehead atoms. The number of unbranched alkanes of at least 4 members (excludes halogenated alkanes) is 3. The van der Waals surface area contributed by atoms with Crippen LogP contribution in [0.4, 0.5) is 0 Å². The number of hydrogen-bond acceptors (Lipinski definition) is 3. The molecule has 18 heavy (non-hydrogen) atoms. The molecule has 0 saturated carbocycles. The Bertz CT molecular complexity index is 371. The lowest BCUT2D eigenvalue weighted by Gasteiger charge is -2.03. The van der Waals surface area contributed by atoms with E-state index in [2.05, 4.69) is 6.92 Å². The van der Waals surface area contributed by atoms with Crippen molar-refractivity contribution in [1.82, 2.24) is 0 Å². The summed E-state index contributed by atoms with van der Waals surface area (Å²) in [6.07, 6.45) is 4.26. The predicted molar refractivity (Wildman–Crippen MR) is 70.3 cm³/mol. The van der Waals surface area contributed by atoms with Gasteiger partial charge in [0, 0.05) is 6.42 Å². The largest absolute Gasteiger partial charge is 0.460 e. The molecule has 0 spiro atoms. The number of carbonyl (C=O) groups is 2. The van der Waals surface area contributed by atoms with Crippen molar-refractivity contribution in [2.75, 3.05) is 6.61 Å². The molecule has 0 N–H and O–H groups in total. The number of ether oxygens (including phenoxy) is 1. The van der Waals surface area contributed by atoms with E-state index in [9.17, 15) is 9.59 Å². The third-order valence-corrected chi connectivity index (χ3v) is 2.67. The average molecular weight is 248 g/mol.